The molecule has 9 heteroatoms. The van der Waals surface area contributed by atoms with Crippen molar-refractivity contribution in [3.05, 3.63) is 41.5 Å². The van der Waals surface area contributed by atoms with Gasteiger partial charge in [-0.05, 0) is 25.0 Å². The Hall–Kier alpha value is -2.26. The second kappa shape index (κ2) is 5.99. The van der Waals surface area contributed by atoms with Crippen LogP contribution in [0.3, 0.4) is 0 Å². The minimum absolute atomic E-state index is 0.00295. The van der Waals surface area contributed by atoms with E-state index in [1.54, 1.807) is 29.7 Å². The van der Waals surface area contributed by atoms with Crippen molar-refractivity contribution in [3.8, 4) is 0 Å². The molecule has 2 aromatic rings. The molecule has 0 saturated carbocycles. The van der Waals surface area contributed by atoms with Crippen molar-refractivity contribution in [2.75, 3.05) is 0 Å². The lowest BCUT2D eigenvalue weighted by molar-refractivity contribution is -0.142. The van der Waals surface area contributed by atoms with E-state index in [4.69, 9.17) is 0 Å². The maximum absolute atomic E-state index is 13.1. The number of fused-ring (bicyclic) bond motifs is 1. The molecule has 1 aliphatic rings. The number of hydrogen-bond acceptors (Lipinski definition) is 5. The van der Waals surface area contributed by atoms with Gasteiger partial charge in [-0.2, -0.15) is 4.31 Å². The zero-order valence-electron chi connectivity index (χ0n) is 13.4. The van der Waals surface area contributed by atoms with Gasteiger partial charge in [-0.3, -0.25) is 4.79 Å². The molecular formula is C15H18N4O4S. The number of aromatic nitrogens is 3. The summed E-state index contributed by atoms with van der Waals surface area (Å²) in [5.74, 6) is -0.170. The number of hydrogen-bond donors (Lipinski definition) is 1. The summed E-state index contributed by atoms with van der Waals surface area (Å²) < 4.78 is 28.9. The van der Waals surface area contributed by atoms with Crippen molar-refractivity contribution in [2.45, 2.75) is 44.3 Å². The van der Waals surface area contributed by atoms with Crippen molar-refractivity contribution >= 4 is 16.0 Å². The molecule has 1 aliphatic heterocycles. The molecule has 1 atom stereocenters. The maximum atomic E-state index is 13.1. The van der Waals surface area contributed by atoms with Crippen molar-refractivity contribution in [1.29, 1.82) is 0 Å². The van der Waals surface area contributed by atoms with E-state index in [-0.39, 0.29) is 18.0 Å². The second-order valence-electron chi connectivity index (χ2n) is 5.64. The predicted octanol–water partition coefficient (Wildman–Crippen LogP) is 0.807. The molecule has 0 amide bonds. The molecule has 0 spiro atoms. The topological polar surface area (TPSA) is 105 Å². The Morgan fingerprint density at radius 1 is 1.33 bits per heavy atom. The van der Waals surface area contributed by atoms with E-state index in [9.17, 15) is 18.3 Å². The number of benzene rings is 1. The average Bonchev–Trinajstić information content (AvgIpc) is 2.94. The van der Waals surface area contributed by atoms with Gasteiger partial charge < -0.3 is 9.67 Å². The van der Waals surface area contributed by atoms with Crippen molar-refractivity contribution in [2.24, 2.45) is 0 Å². The number of sulfonamides is 1. The number of carboxylic acids is 1. The zero-order chi connectivity index (χ0) is 17.5. The molecule has 0 aliphatic carbocycles. The van der Waals surface area contributed by atoms with Crippen LogP contribution in [-0.2, 0) is 34.3 Å². The quantitative estimate of drug-likeness (QED) is 0.875. The first-order valence-corrected chi connectivity index (χ1v) is 9.01. The maximum Gasteiger partial charge on any atom is 0.323 e. The predicted molar refractivity (Wildman–Crippen MR) is 84.7 cm³/mol. The van der Waals surface area contributed by atoms with E-state index in [0.29, 0.717) is 23.6 Å². The standard InChI is InChI=1S/C15H18N4O4S/c1-3-11-6-4-5-7-13(11)24(22,23)19-9-14-17-16-10(2)18(14)8-12(19)15(20)21/h4-7,12H,3,8-9H2,1-2H3,(H,20,21). The molecule has 24 heavy (non-hydrogen) atoms. The first-order valence-electron chi connectivity index (χ1n) is 7.57. The van der Waals surface area contributed by atoms with Crippen molar-refractivity contribution < 1.29 is 18.3 Å². The summed E-state index contributed by atoms with van der Waals surface area (Å²) in [5, 5.41) is 17.4. The molecule has 3 rings (SSSR count). The Morgan fingerprint density at radius 3 is 2.71 bits per heavy atom. The summed E-state index contributed by atoms with van der Waals surface area (Å²) in [7, 11) is -3.96. The highest BCUT2D eigenvalue weighted by atomic mass is 32.2. The van der Waals surface area contributed by atoms with Crippen LogP contribution < -0.4 is 0 Å². The van der Waals surface area contributed by atoms with E-state index in [1.165, 1.54) is 6.07 Å². The monoisotopic (exact) mass is 350 g/mol. The van der Waals surface area contributed by atoms with Gasteiger partial charge in [0.25, 0.3) is 0 Å². The molecule has 2 heterocycles. The fourth-order valence-corrected chi connectivity index (χ4v) is 4.74. The smallest absolute Gasteiger partial charge is 0.323 e. The summed E-state index contributed by atoms with van der Waals surface area (Å²) in [6.07, 6.45) is 0.538. The summed E-state index contributed by atoms with van der Waals surface area (Å²) in [4.78, 5) is 11.8. The largest absolute Gasteiger partial charge is 0.480 e. The third kappa shape index (κ3) is 2.59. The number of rotatable bonds is 4. The van der Waals surface area contributed by atoms with E-state index in [0.717, 1.165) is 4.31 Å². The van der Waals surface area contributed by atoms with Crippen LogP contribution in [0.4, 0.5) is 0 Å². The fraction of sp³-hybridized carbons (Fsp3) is 0.400. The molecule has 128 valence electrons. The summed E-state index contributed by atoms with van der Waals surface area (Å²) in [5.41, 5.74) is 0.657. The first-order chi connectivity index (χ1) is 11.4. The van der Waals surface area contributed by atoms with Gasteiger partial charge in [0.15, 0.2) is 0 Å². The molecular weight excluding hydrogens is 332 g/mol. The first kappa shape index (κ1) is 16.6. The Labute approximate surface area is 139 Å². The van der Waals surface area contributed by atoms with Crippen LogP contribution >= 0.6 is 0 Å². The van der Waals surface area contributed by atoms with Crippen LogP contribution in [0, 0.1) is 6.92 Å². The van der Waals surface area contributed by atoms with Crippen LogP contribution in [0.1, 0.15) is 24.1 Å². The minimum atomic E-state index is -3.96. The van der Waals surface area contributed by atoms with Gasteiger partial charge in [-0.1, -0.05) is 25.1 Å². The van der Waals surface area contributed by atoms with Gasteiger partial charge in [0.1, 0.15) is 17.7 Å². The van der Waals surface area contributed by atoms with Crippen LogP contribution in [0.25, 0.3) is 0 Å². The number of carbonyl (C=O) groups is 1. The van der Waals surface area contributed by atoms with E-state index in [2.05, 4.69) is 10.2 Å². The molecule has 0 radical (unpaired) electrons. The van der Waals surface area contributed by atoms with Gasteiger partial charge in [-0.25, -0.2) is 8.42 Å². The third-order valence-corrected chi connectivity index (χ3v) is 6.19. The van der Waals surface area contributed by atoms with E-state index < -0.39 is 22.0 Å². The van der Waals surface area contributed by atoms with Crippen LogP contribution in [0.5, 0.6) is 0 Å². The molecule has 8 nitrogen and oxygen atoms in total. The highest BCUT2D eigenvalue weighted by Gasteiger charge is 2.41. The van der Waals surface area contributed by atoms with Crippen LogP contribution in [0.2, 0.25) is 0 Å². The lowest BCUT2D eigenvalue weighted by atomic mass is 10.2. The van der Waals surface area contributed by atoms with Gasteiger partial charge >= 0.3 is 5.97 Å². The van der Waals surface area contributed by atoms with Crippen LogP contribution in [-0.4, -0.2) is 44.6 Å². The molecule has 1 aromatic heterocycles. The van der Waals surface area contributed by atoms with Crippen molar-refractivity contribution in [1.82, 2.24) is 19.1 Å². The fourth-order valence-electron chi connectivity index (χ4n) is 2.92. The zero-order valence-corrected chi connectivity index (χ0v) is 14.2. The normalized spacial score (nSPS) is 18.3. The average molecular weight is 350 g/mol. The van der Waals surface area contributed by atoms with E-state index >= 15 is 0 Å². The Kier molecular flexibility index (Phi) is 4.14. The van der Waals surface area contributed by atoms with Gasteiger partial charge in [0, 0.05) is 0 Å². The minimum Gasteiger partial charge on any atom is -0.480 e. The van der Waals surface area contributed by atoms with Gasteiger partial charge in [0.2, 0.25) is 10.0 Å². The SMILES string of the molecule is CCc1ccccc1S(=O)(=O)N1Cc2nnc(C)n2CC1C(=O)O. The summed E-state index contributed by atoms with van der Waals surface area (Å²) >= 11 is 0. The van der Waals surface area contributed by atoms with Crippen molar-refractivity contribution in [3.63, 3.8) is 0 Å². The van der Waals surface area contributed by atoms with Gasteiger partial charge in [-0.15, -0.1) is 10.2 Å². The highest BCUT2D eigenvalue weighted by molar-refractivity contribution is 7.89. The Morgan fingerprint density at radius 2 is 2.04 bits per heavy atom. The Bertz CT molecular complexity index is 891. The number of nitrogens with zero attached hydrogens (tertiary/aromatic N) is 4. The molecule has 1 unspecified atom stereocenters. The molecule has 0 saturated heterocycles. The van der Waals surface area contributed by atoms with Crippen LogP contribution in [0.15, 0.2) is 29.2 Å². The molecule has 1 aromatic carbocycles. The lowest BCUT2D eigenvalue weighted by Crippen LogP contribution is -2.50. The van der Waals surface area contributed by atoms with E-state index in [1.807, 2.05) is 6.92 Å². The number of carboxylic acid groups (broad SMARTS) is 1. The molecule has 0 fully saturated rings. The lowest BCUT2D eigenvalue weighted by Gasteiger charge is -2.32. The summed E-state index contributed by atoms with van der Waals surface area (Å²) in [6.45, 7) is 3.46. The number of aliphatic carboxylic acids is 1. The highest BCUT2D eigenvalue weighted by Crippen LogP contribution is 2.28. The number of aryl methyl sites for hydroxylation is 2. The third-order valence-electron chi connectivity index (χ3n) is 4.24. The van der Waals surface area contributed by atoms with Gasteiger partial charge in [0.05, 0.1) is 18.0 Å². The molecule has 0 bridgehead atoms. The second-order valence-corrected chi connectivity index (χ2v) is 7.50. The summed E-state index contributed by atoms with van der Waals surface area (Å²) in [6, 6.07) is 5.46. The Balaban J connectivity index is 2.10. The molecule has 1 N–H and O–H groups in total.